The molecule has 1 fully saturated rings. The number of anilines is 1. The monoisotopic (exact) mass is 609 g/mol. The van der Waals surface area contributed by atoms with E-state index in [9.17, 15) is 49.5 Å². The molecule has 2 amide bonds. The second kappa shape index (κ2) is 11.5. The summed E-state index contributed by atoms with van der Waals surface area (Å²) >= 11 is 0. The number of alkyl halides is 6. The number of rotatable bonds is 8. The van der Waals surface area contributed by atoms with Crippen LogP contribution in [0.2, 0.25) is 0 Å². The van der Waals surface area contributed by atoms with E-state index < -0.39 is 70.8 Å². The first-order valence-corrected chi connectivity index (χ1v) is 13.9. The van der Waals surface area contributed by atoms with Gasteiger partial charge in [-0.15, -0.1) is 13.2 Å². The summed E-state index contributed by atoms with van der Waals surface area (Å²) in [6.45, 7) is -1.61. The molecule has 2 aliphatic rings. The fraction of sp³-hybridized carbons (Fsp3) is 0.440. The van der Waals surface area contributed by atoms with Crippen LogP contribution >= 0.6 is 0 Å². The van der Waals surface area contributed by atoms with Gasteiger partial charge in [0.2, 0.25) is 11.8 Å². The van der Waals surface area contributed by atoms with Crippen LogP contribution in [0.5, 0.6) is 5.75 Å². The summed E-state index contributed by atoms with van der Waals surface area (Å²) in [7, 11) is -3.94. The molecule has 0 bridgehead atoms. The van der Waals surface area contributed by atoms with Crippen LogP contribution in [0.25, 0.3) is 0 Å². The first kappa shape index (κ1) is 30.6. The van der Waals surface area contributed by atoms with E-state index in [1.54, 1.807) is 4.90 Å². The van der Waals surface area contributed by atoms with E-state index in [0.29, 0.717) is 11.3 Å². The number of nitrogens with one attached hydrogen (secondary N) is 1. The molecule has 0 radical (unpaired) electrons. The Morgan fingerprint density at radius 1 is 1.15 bits per heavy atom. The number of benzene rings is 2. The highest BCUT2D eigenvalue weighted by atomic mass is 32.2. The zero-order valence-corrected chi connectivity index (χ0v) is 22.0. The van der Waals surface area contributed by atoms with Crippen molar-refractivity contribution in [1.29, 1.82) is 0 Å². The largest absolute Gasteiger partial charge is 0.573 e. The maximum Gasteiger partial charge on any atom is 0.573 e. The summed E-state index contributed by atoms with van der Waals surface area (Å²) in [6, 6.07) is 6.46. The Hall–Kier alpha value is -3.37. The summed E-state index contributed by atoms with van der Waals surface area (Å²) < 4.78 is 108. The van der Waals surface area contributed by atoms with Gasteiger partial charge in [0, 0.05) is 19.6 Å². The van der Waals surface area contributed by atoms with Crippen LogP contribution in [0.1, 0.15) is 23.6 Å². The van der Waals surface area contributed by atoms with Crippen LogP contribution < -0.4 is 10.1 Å². The molecule has 2 atom stereocenters. The maximum atomic E-state index is 13.8. The molecule has 224 valence electrons. The smallest absolute Gasteiger partial charge is 0.406 e. The molecule has 2 aromatic carbocycles. The molecular weight excluding hydrogens is 584 g/mol. The van der Waals surface area contributed by atoms with Crippen molar-refractivity contribution in [2.45, 2.75) is 42.4 Å². The molecule has 4 rings (SSSR count). The first-order valence-electron chi connectivity index (χ1n) is 12.3. The van der Waals surface area contributed by atoms with Crippen LogP contribution in [0, 0.1) is 0 Å². The number of nitrogens with zero attached hydrogens (tertiary/aromatic N) is 2. The van der Waals surface area contributed by atoms with E-state index in [4.69, 9.17) is 0 Å². The highest BCUT2D eigenvalue weighted by Gasteiger charge is 2.39. The molecule has 2 N–H and O–H groups in total. The van der Waals surface area contributed by atoms with Crippen molar-refractivity contribution in [3.05, 3.63) is 53.6 Å². The SMILES string of the molecule is O=C1CS(=O)(=O)c2ccc(CC(=O)N(CC(F)(F)F)C(CN3CC[C@H](O)C3)c3cccc(OC(F)(F)F)c3)cc2N1. The minimum absolute atomic E-state index is 0.0606. The lowest BCUT2D eigenvalue weighted by Crippen LogP contribution is -2.46. The van der Waals surface area contributed by atoms with E-state index in [-0.39, 0.29) is 41.3 Å². The fourth-order valence-electron chi connectivity index (χ4n) is 4.86. The van der Waals surface area contributed by atoms with Crippen molar-refractivity contribution in [2.24, 2.45) is 0 Å². The molecule has 1 saturated heterocycles. The summed E-state index contributed by atoms with van der Waals surface area (Å²) in [5.41, 5.74) is -0.0779. The van der Waals surface area contributed by atoms with Gasteiger partial charge in [0.25, 0.3) is 0 Å². The van der Waals surface area contributed by atoms with Gasteiger partial charge in [0.1, 0.15) is 18.0 Å². The molecular formula is C25H25F6N3O6S. The topological polar surface area (TPSA) is 116 Å². The number of likely N-dealkylation sites (tertiary alicyclic amines) is 1. The summed E-state index contributed by atoms with van der Waals surface area (Å²) in [6.07, 6.45) is -11.0. The minimum Gasteiger partial charge on any atom is -0.406 e. The second-order valence-corrected chi connectivity index (χ2v) is 11.7. The van der Waals surface area contributed by atoms with Gasteiger partial charge in [-0.3, -0.25) is 14.5 Å². The zero-order chi connectivity index (χ0) is 30.2. The first-order chi connectivity index (χ1) is 19.0. The van der Waals surface area contributed by atoms with Gasteiger partial charge >= 0.3 is 12.5 Å². The van der Waals surface area contributed by atoms with Gasteiger partial charge in [0.15, 0.2) is 9.84 Å². The number of halogens is 6. The second-order valence-electron chi connectivity index (χ2n) is 9.79. The Labute approximate surface area is 230 Å². The van der Waals surface area contributed by atoms with E-state index in [1.807, 2.05) is 0 Å². The average Bonchev–Trinajstić information content (AvgIpc) is 3.23. The van der Waals surface area contributed by atoms with Gasteiger partial charge in [-0.2, -0.15) is 13.2 Å². The number of hydrogen-bond acceptors (Lipinski definition) is 7. The fourth-order valence-corrected chi connectivity index (χ4v) is 6.15. The summed E-state index contributed by atoms with van der Waals surface area (Å²) in [5.74, 6) is -3.33. The lowest BCUT2D eigenvalue weighted by Gasteiger charge is -2.35. The lowest BCUT2D eigenvalue weighted by molar-refractivity contribution is -0.274. The van der Waals surface area contributed by atoms with Crippen molar-refractivity contribution in [3.63, 3.8) is 0 Å². The predicted octanol–water partition coefficient (Wildman–Crippen LogP) is 3.05. The van der Waals surface area contributed by atoms with Crippen molar-refractivity contribution in [1.82, 2.24) is 9.80 Å². The number of aliphatic hydroxyl groups is 1. The number of ether oxygens (including phenoxy) is 1. The molecule has 2 aromatic rings. The average molecular weight is 610 g/mol. The van der Waals surface area contributed by atoms with Crippen LogP contribution in [0.3, 0.4) is 0 Å². The quantitative estimate of drug-likeness (QED) is 0.442. The number of fused-ring (bicyclic) bond motifs is 1. The number of aliphatic hydroxyl groups excluding tert-OH is 1. The molecule has 0 saturated carbocycles. The minimum atomic E-state index is -5.07. The highest BCUT2D eigenvalue weighted by molar-refractivity contribution is 7.92. The molecule has 9 nitrogen and oxygen atoms in total. The molecule has 2 aliphatic heterocycles. The van der Waals surface area contributed by atoms with E-state index in [0.717, 1.165) is 24.3 Å². The Morgan fingerprint density at radius 3 is 2.51 bits per heavy atom. The number of amides is 2. The van der Waals surface area contributed by atoms with E-state index in [2.05, 4.69) is 10.1 Å². The molecule has 2 heterocycles. The van der Waals surface area contributed by atoms with Crippen LogP contribution in [0.15, 0.2) is 47.4 Å². The molecule has 0 aromatic heterocycles. The molecule has 41 heavy (non-hydrogen) atoms. The molecule has 0 aliphatic carbocycles. The maximum absolute atomic E-state index is 13.8. The highest BCUT2D eigenvalue weighted by Crippen LogP contribution is 2.33. The zero-order valence-electron chi connectivity index (χ0n) is 21.2. The van der Waals surface area contributed by atoms with Crippen molar-refractivity contribution >= 4 is 27.3 Å². The van der Waals surface area contributed by atoms with E-state index >= 15 is 0 Å². The molecule has 16 heteroatoms. The van der Waals surface area contributed by atoms with Crippen LogP contribution in [0.4, 0.5) is 32.0 Å². The van der Waals surface area contributed by atoms with Crippen LogP contribution in [-0.2, 0) is 25.8 Å². The third-order valence-corrected chi connectivity index (χ3v) is 8.20. The lowest BCUT2D eigenvalue weighted by atomic mass is 10.0. The van der Waals surface area contributed by atoms with Gasteiger partial charge < -0.3 is 20.1 Å². The Kier molecular flexibility index (Phi) is 8.57. The summed E-state index contributed by atoms with van der Waals surface area (Å²) in [4.78, 5) is 27.1. The number of β-amino-alcohol motifs (C(OH)–C–C–N with tert-alkyl or cyclic N) is 1. The number of carbonyl (C=O) groups excluding carboxylic acids is 2. The van der Waals surface area contributed by atoms with Gasteiger partial charge in [0.05, 0.1) is 29.1 Å². The Bertz CT molecular complexity index is 1420. The number of sulfone groups is 1. The van der Waals surface area contributed by atoms with Gasteiger partial charge in [-0.1, -0.05) is 18.2 Å². The molecule has 0 spiro atoms. The molecule has 1 unspecified atom stereocenters. The van der Waals surface area contributed by atoms with Crippen molar-refractivity contribution < 1.29 is 54.2 Å². The van der Waals surface area contributed by atoms with Gasteiger partial charge in [-0.05, 0) is 41.8 Å². The summed E-state index contributed by atoms with van der Waals surface area (Å²) in [5, 5.41) is 12.3. The Balaban J connectivity index is 1.69. The van der Waals surface area contributed by atoms with Crippen LogP contribution in [-0.4, -0.2) is 85.7 Å². The third kappa shape index (κ3) is 8.10. The Morgan fingerprint density at radius 2 is 1.88 bits per heavy atom. The normalized spacial score (nSPS) is 19.8. The van der Waals surface area contributed by atoms with Gasteiger partial charge in [-0.25, -0.2) is 8.42 Å². The standard InChI is InChI=1S/C25H25F6N3O6S/c26-24(27,28)14-34(23(37)9-15-4-5-21-19(8-15)32-22(36)13-41(21,38)39)20(12-33-7-6-17(35)11-33)16-2-1-3-18(10-16)40-25(29,30)31/h1-5,8,10,17,20,35H,6-7,9,11-14H2,(H,32,36)/t17-,20?/m0/s1. The number of hydrogen-bond donors (Lipinski definition) is 2. The predicted molar refractivity (Wildman–Crippen MR) is 132 cm³/mol. The van der Waals surface area contributed by atoms with Crippen molar-refractivity contribution in [2.75, 3.05) is 37.2 Å². The third-order valence-electron chi connectivity index (χ3n) is 6.53. The number of carbonyl (C=O) groups is 2. The van der Waals surface area contributed by atoms with Crippen molar-refractivity contribution in [3.8, 4) is 5.75 Å². The van der Waals surface area contributed by atoms with E-state index in [1.165, 1.54) is 18.2 Å².